The highest BCUT2D eigenvalue weighted by molar-refractivity contribution is 7.92. The molecule has 3 aromatic rings. The smallest absolute Gasteiger partial charge is 0.416 e. The molecule has 0 saturated carbocycles. The first-order chi connectivity index (χ1) is 15.5. The summed E-state index contributed by atoms with van der Waals surface area (Å²) in [6.07, 6.45) is -4.64. The van der Waals surface area contributed by atoms with Crippen molar-refractivity contribution in [2.24, 2.45) is 0 Å². The van der Waals surface area contributed by atoms with Gasteiger partial charge in [-0.05, 0) is 48.5 Å². The average molecular weight is 499 g/mol. The normalized spacial score (nSPS) is 13.0. The zero-order chi connectivity index (χ0) is 23.8. The number of carbonyl (C=O) groups is 1. The molecule has 2 N–H and O–H groups in total. The molecule has 172 valence electrons. The van der Waals surface area contributed by atoms with Gasteiger partial charge in [-0.25, -0.2) is 8.42 Å². The topological polar surface area (TPSA) is 93.7 Å². The minimum absolute atomic E-state index is 0.0220. The Labute approximate surface area is 191 Å². The Morgan fingerprint density at radius 3 is 2.45 bits per heavy atom. The number of hydrogen-bond acceptors (Lipinski definition) is 5. The molecular formula is C21H14ClF3N2O5S. The summed E-state index contributed by atoms with van der Waals surface area (Å²) in [6, 6.07) is 11.8. The molecule has 7 nitrogen and oxygen atoms in total. The fourth-order valence-corrected chi connectivity index (χ4v) is 4.27. The highest BCUT2D eigenvalue weighted by Gasteiger charge is 2.31. The van der Waals surface area contributed by atoms with Crippen LogP contribution in [0.4, 0.5) is 24.5 Å². The number of carbonyl (C=O) groups excluding carboxylic acids is 1. The molecule has 33 heavy (non-hydrogen) atoms. The number of benzene rings is 3. The largest absolute Gasteiger partial charge is 0.454 e. The second-order valence-corrected chi connectivity index (χ2v) is 8.94. The van der Waals surface area contributed by atoms with Gasteiger partial charge in [-0.3, -0.25) is 9.52 Å². The number of rotatable bonds is 5. The number of sulfonamides is 1. The Kier molecular flexibility index (Phi) is 5.85. The van der Waals surface area contributed by atoms with Gasteiger partial charge in [0.1, 0.15) is 0 Å². The summed E-state index contributed by atoms with van der Waals surface area (Å²) < 4.78 is 76.7. The maximum absolute atomic E-state index is 12.9. The van der Waals surface area contributed by atoms with Crippen molar-refractivity contribution in [2.45, 2.75) is 11.1 Å². The highest BCUT2D eigenvalue weighted by atomic mass is 35.5. The lowest BCUT2D eigenvalue weighted by Gasteiger charge is -2.13. The number of ether oxygens (including phenoxy) is 2. The molecule has 0 fully saturated rings. The minimum atomic E-state index is -4.64. The quantitative estimate of drug-likeness (QED) is 0.508. The van der Waals surface area contributed by atoms with Crippen molar-refractivity contribution in [1.82, 2.24) is 0 Å². The van der Waals surface area contributed by atoms with Crippen molar-refractivity contribution >= 4 is 38.9 Å². The van der Waals surface area contributed by atoms with Crippen LogP contribution in [0, 0.1) is 0 Å². The third kappa shape index (κ3) is 4.99. The standard InChI is InChI=1S/C21H14ClF3N2O5S/c22-17-6-5-15(33(29,30)27-14-3-1-2-12(8-14)21(23,24)25)10-16(17)20(28)26-13-4-7-18-19(9-13)32-11-31-18/h1-10,27H,11H2,(H,26,28). The van der Waals surface area contributed by atoms with E-state index in [2.05, 4.69) is 10.0 Å². The zero-order valence-corrected chi connectivity index (χ0v) is 18.0. The molecule has 0 bridgehead atoms. The van der Waals surface area contributed by atoms with Crippen molar-refractivity contribution < 1.29 is 35.9 Å². The number of nitrogens with one attached hydrogen (secondary N) is 2. The van der Waals surface area contributed by atoms with Crippen LogP contribution < -0.4 is 19.5 Å². The van der Waals surface area contributed by atoms with Crippen LogP contribution in [0.1, 0.15) is 15.9 Å². The monoisotopic (exact) mass is 498 g/mol. The van der Waals surface area contributed by atoms with Crippen LogP contribution in [0.3, 0.4) is 0 Å². The molecule has 0 unspecified atom stereocenters. The molecule has 0 radical (unpaired) electrons. The second kappa shape index (κ2) is 8.49. The van der Waals surface area contributed by atoms with Crippen LogP contribution in [0.25, 0.3) is 0 Å². The van der Waals surface area contributed by atoms with Crippen molar-refractivity contribution in [3.05, 3.63) is 76.8 Å². The predicted molar refractivity (Wildman–Crippen MR) is 114 cm³/mol. The summed E-state index contributed by atoms with van der Waals surface area (Å²) in [5.41, 5.74) is -1.09. The van der Waals surface area contributed by atoms with Gasteiger partial charge in [0.25, 0.3) is 15.9 Å². The number of hydrogen-bond donors (Lipinski definition) is 2. The first-order valence-electron chi connectivity index (χ1n) is 9.23. The molecule has 1 heterocycles. The van der Waals surface area contributed by atoms with Gasteiger partial charge in [0.15, 0.2) is 11.5 Å². The van der Waals surface area contributed by atoms with Crippen molar-refractivity contribution in [1.29, 1.82) is 0 Å². The molecule has 3 aromatic carbocycles. The van der Waals surface area contributed by atoms with E-state index in [9.17, 15) is 26.4 Å². The number of halogens is 4. The van der Waals surface area contributed by atoms with Gasteiger partial charge in [-0.15, -0.1) is 0 Å². The highest BCUT2D eigenvalue weighted by Crippen LogP contribution is 2.35. The van der Waals surface area contributed by atoms with Gasteiger partial charge >= 0.3 is 6.18 Å². The lowest BCUT2D eigenvalue weighted by atomic mass is 10.2. The molecule has 0 aromatic heterocycles. The van der Waals surface area contributed by atoms with Crippen LogP contribution in [0.5, 0.6) is 11.5 Å². The molecule has 0 aliphatic carbocycles. The van der Waals surface area contributed by atoms with Gasteiger partial charge in [0.05, 0.1) is 21.0 Å². The summed E-state index contributed by atoms with van der Waals surface area (Å²) in [6.45, 7) is 0.0529. The van der Waals surface area contributed by atoms with E-state index in [0.29, 0.717) is 23.3 Å². The molecule has 0 saturated heterocycles. The maximum Gasteiger partial charge on any atom is 0.416 e. The first-order valence-corrected chi connectivity index (χ1v) is 11.1. The van der Waals surface area contributed by atoms with E-state index in [-0.39, 0.29) is 28.0 Å². The second-order valence-electron chi connectivity index (χ2n) is 6.85. The zero-order valence-electron chi connectivity index (χ0n) is 16.4. The Bertz CT molecular complexity index is 1350. The van der Waals surface area contributed by atoms with Gasteiger partial charge in [-0.1, -0.05) is 17.7 Å². The number of amides is 1. The van der Waals surface area contributed by atoms with E-state index in [1.165, 1.54) is 18.2 Å². The van der Waals surface area contributed by atoms with E-state index in [1.54, 1.807) is 12.1 Å². The molecule has 1 amide bonds. The molecule has 12 heteroatoms. The Morgan fingerprint density at radius 1 is 0.939 bits per heavy atom. The van der Waals surface area contributed by atoms with Crippen LogP contribution >= 0.6 is 11.6 Å². The average Bonchev–Trinajstić information content (AvgIpc) is 3.21. The first kappa shape index (κ1) is 22.7. The SMILES string of the molecule is O=C(Nc1ccc2c(c1)OCO2)c1cc(S(=O)(=O)Nc2cccc(C(F)(F)F)c2)ccc1Cl. The molecule has 4 rings (SSSR count). The summed E-state index contributed by atoms with van der Waals surface area (Å²) in [7, 11) is -4.32. The Hall–Kier alpha value is -3.44. The number of fused-ring (bicyclic) bond motifs is 1. The van der Waals surface area contributed by atoms with Gasteiger partial charge in [0.2, 0.25) is 6.79 Å². The fourth-order valence-electron chi connectivity index (χ4n) is 2.99. The number of anilines is 2. The Morgan fingerprint density at radius 2 is 1.70 bits per heavy atom. The van der Waals surface area contributed by atoms with E-state index in [4.69, 9.17) is 21.1 Å². The molecular weight excluding hydrogens is 485 g/mol. The third-order valence-corrected chi connectivity index (χ3v) is 6.27. The lowest BCUT2D eigenvalue weighted by molar-refractivity contribution is -0.137. The van der Waals surface area contributed by atoms with E-state index < -0.39 is 27.7 Å². The van der Waals surface area contributed by atoms with Crippen molar-refractivity contribution in [3.63, 3.8) is 0 Å². The molecule has 0 spiro atoms. The lowest BCUT2D eigenvalue weighted by Crippen LogP contribution is -2.17. The van der Waals surface area contributed by atoms with E-state index in [1.807, 2.05) is 0 Å². The maximum atomic E-state index is 12.9. The fraction of sp³-hybridized carbons (Fsp3) is 0.0952. The van der Waals surface area contributed by atoms with E-state index in [0.717, 1.165) is 24.3 Å². The summed E-state index contributed by atoms with van der Waals surface area (Å²) in [5, 5.41) is 2.56. The summed E-state index contributed by atoms with van der Waals surface area (Å²) >= 11 is 6.09. The van der Waals surface area contributed by atoms with Gasteiger partial charge in [-0.2, -0.15) is 13.2 Å². The van der Waals surface area contributed by atoms with Crippen LogP contribution in [-0.2, 0) is 16.2 Å². The van der Waals surface area contributed by atoms with Crippen LogP contribution in [-0.4, -0.2) is 21.1 Å². The minimum Gasteiger partial charge on any atom is -0.454 e. The van der Waals surface area contributed by atoms with Crippen LogP contribution in [0.2, 0.25) is 5.02 Å². The van der Waals surface area contributed by atoms with Crippen LogP contribution in [0.15, 0.2) is 65.6 Å². The predicted octanol–water partition coefficient (Wildman–Crippen LogP) is 5.14. The number of alkyl halides is 3. The van der Waals surface area contributed by atoms with Crippen molar-refractivity contribution in [3.8, 4) is 11.5 Å². The summed E-state index contributed by atoms with van der Waals surface area (Å²) in [4.78, 5) is 12.4. The van der Waals surface area contributed by atoms with Gasteiger partial charge < -0.3 is 14.8 Å². The molecule has 1 aliphatic heterocycles. The molecule has 1 aliphatic rings. The summed E-state index contributed by atoms with van der Waals surface area (Å²) in [5.74, 6) is 0.246. The third-order valence-electron chi connectivity index (χ3n) is 4.57. The van der Waals surface area contributed by atoms with Crippen molar-refractivity contribution in [2.75, 3.05) is 16.8 Å². The van der Waals surface area contributed by atoms with E-state index >= 15 is 0 Å². The molecule has 0 atom stereocenters. The Balaban J connectivity index is 1.58. The van der Waals surface area contributed by atoms with Gasteiger partial charge in [0, 0.05) is 17.4 Å².